The maximum Gasteiger partial charge on any atom is 1.00 e. The van der Waals surface area contributed by atoms with E-state index in [9.17, 15) is 9.59 Å². The van der Waals surface area contributed by atoms with Gasteiger partial charge in [-0.3, -0.25) is 9.59 Å². The summed E-state index contributed by atoms with van der Waals surface area (Å²) in [4.78, 5) is 20.4. The number of aliphatic carboxylic acids is 2. The minimum atomic E-state index is -0.734. The van der Waals surface area contributed by atoms with Gasteiger partial charge in [0, 0.05) is 12.8 Å². The molecule has 0 saturated heterocycles. The molecule has 0 aromatic carbocycles. The summed E-state index contributed by atoms with van der Waals surface area (Å²) in [5, 5.41) is 16.8. The summed E-state index contributed by atoms with van der Waals surface area (Å²) in [6.07, 6.45) is 9.08. The average molecular weight is 268 g/mol. The van der Waals surface area contributed by atoms with Crippen molar-refractivity contribution < 1.29 is 71.2 Å². The number of rotatable bonds is 11. The van der Waals surface area contributed by atoms with E-state index in [2.05, 4.69) is 6.42 Å². The molecule has 0 aliphatic heterocycles. The molecule has 17 heavy (non-hydrogen) atoms. The number of carboxylic acids is 2. The van der Waals surface area contributed by atoms with E-state index in [-0.39, 0.29) is 64.2 Å². The molecule has 0 spiro atoms. The van der Waals surface area contributed by atoms with E-state index >= 15 is 0 Å². The minimum Gasteiger partial charge on any atom is -0.481 e. The van der Waals surface area contributed by atoms with Gasteiger partial charge >= 0.3 is 63.3 Å². The summed E-state index contributed by atoms with van der Waals surface area (Å²) in [7, 11) is 0. The van der Waals surface area contributed by atoms with Gasteiger partial charge in [-0.1, -0.05) is 25.7 Å². The Morgan fingerprint density at radius 1 is 0.765 bits per heavy atom. The van der Waals surface area contributed by atoms with Crippen molar-refractivity contribution >= 4 is 11.9 Å². The smallest absolute Gasteiger partial charge is 0.481 e. The largest absolute Gasteiger partial charge is 1.00 e. The van der Waals surface area contributed by atoms with Gasteiger partial charge in [-0.15, -0.1) is 0 Å². The molecule has 0 aromatic heterocycles. The summed E-state index contributed by atoms with van der Waals surface area (Å²) in [6.45, 7) is 0. The maximum atomic E-state index is 10.2. The van der Waals surface area contributed by atoms with Crippen LogP contribution >= 0.6 is 0 Å². The summed E-state index contributed by atoms with van der Waals surface area (Å²) in [5.74, 6) is -1.46. The van der Waals surface area contributed by atoms with Gasteiger partial charge < -0.3 is 16.6 Å². The zero-order valence-electron chi connectivity index (χ0n) is 10.7. The number of carboxylic acid groups (broad SMARTS) is 2. The van der Waals surface area contributed by atoms with Gasteiger partial charge in [-0.2, -0.15) is 12.8 Å². The van der Waals surface area contributed by atoms with Crippen LogP contribution in [0.15, 0.2) is 0 Å². The van der Waals surface area contributed by atoms with Crippen molar-refractivity contribution in [3.63, 3.8) is 0 Å². The second kappa shape index (κ2) is 14.6. The molecule has 94 valence electrons. The Hall–Kier alpha value is 0.576. The Kier molecular flexibility index (Phi) is 17.1. The van der Waals surface area contributed by atoms with Gasteiger partial charge in [0.05, 0.1) is 0 Å². The van der Waals surface area contributed by atoms with Gasteiger partial charge in [-0.05, 0) is 6.42 Å². The number of hydrogen-bond donors (Lipinski definition) is 2. The third-order valence-corrected chi connectivity index (χ3v) is 2.35. The molecule has 5 heteroatoms. The molecule has 0 atom stereocenters. The maximum absolute atomic E-state index is 10.2. The Bertz CT molecular complexity index is 185. The fourth-order valence-electron chi connectivity index (χ4n) is 1.46. The molecule has 0 saturated carbocycles. The van der Waals surface area contributed by atoms with Crippen LogP contribution in [0, 0.1) is 6.42 Å². The monoisotopic (exact) mass is 268 g/mol. The fourth-order valence-corrected chi connectivity index (χ4v) is 1.46. The summed E-state index contributed by atoms with van der Waals surface area (Å²) < 4.78 is 0. The van der Waals surface area contributed by atoms with Gasteiger partial charge in [0.1, 0.15) is 0 Å². The van der Waals surface area contributed by atoms with Crippen molar-refractivity contribution in [2.24, 2.45) is 0 Å². The third kappa shape index (κ3) is 19.1. The van der Waals surface area contributed by atoms with Crippen molar-refractivity contribution in [1.82, 2.24) is 0 Å². The molecule has 0 aliphatic rings. The van der Waals surface area contributed by atoms with E-state index in [0.717, 1.165) is 38.5 Å². The van der Waals surface area contributed by atoms with Crippen LogP contribution in [0.3, 0.4) is 0 Å². The van der Waals surface area contributed by atoms with E-state index in [1.54, 1.807) is 0 Å². The molecule has 4 nitrogen and oxygen atoms in total. The molecule has 0 radical (unpaired) electrons. The van der Waals surface area contributed by atoms with E-state index in [0.29, 0.717) is 6.42 Å². The van der Waals surface area contributed by atoms with Crippen LogP contribution in [0.1, 0.15) is 57.8 Å². The SMILES string of the molecule is O=C(O)CCC[CH-]CCCCCCC(=O)O.[K+]. The Morgan fingerprint density at radius 2 is 1.24 bits per heavy atom. The Morgan fingerprint density at radius 3 is 1.82 bits per heavy atom. The van der Waals surface area contributed by atoms with Crippen LogP contribution in [0.4, 0.5) is 0 Å². The zero-order valence-corrected chi connectivity index (χ0v) is 13.8. The first-order valence-corrected chi connectivity index (χ1v) is 5.88. The molecule has 2 N–H and O–H groups in total. The van der Waals surface area contributed by atoms with Crippen LogP contribution in [-0.4, -0.2) is 22.2 Å². The van der Waals surface area contributed by atoms with E-state index < -0.39 is 11.9 Å². The molecule has 0 bridgehead atoms. The van der Waals surface area contributed by atoms with Gasteiger partial charge in [0.25, 0.3) is 0 Å². The number of carbonyl (C=O) groups is 2. The van der Waals surface area contributed by atoms with Gasteiger partial charge in [0.2, 0.25) is 0 Å². The fraction of sp³-hybridized carbons (Fsp3) is 0.750. The summed E-state index contributed by atoms with van der Waals surface area (Å²) in [5.41, 5.74) is 0. The third-order valence-electron chi connectivity index (χ3n) is 2.35. The molecular formula is C12H21KO4. The average Bonchev–Trinajstić information content (AvgIpc) is 2.20. The topological polar surface area (TPSA) is 74.6 Å². The molecule has 0 unspecified atom stereocenters. The second-order valence-corrected chi connectivity index (χ2v) is 3.92. The second-order valence-electron chi connectivity index (χ2n) is 3.92. The van der Waals surface area contributed by atoms with Gasteiger partial charge in [-0.25, -0.2) is 0 Å². The Balaban J connectivity index is 0. The predicted octanol–water partition coefficient (Wildman–Crippen LogP) is -0.125. The van der Waals surface area contributed by atoms with Crippen LogP contribution < -0.4 is 51.4 Å². The van der Waals surface area contributed by atoms with Crippen molar-refractivity contribution in [1.29, 1.82) is 0 Å². The van der Waals surface area contributed by atoms with Crippen LogP contribution in [-0.2, 0) is 9.59 Å². The standard InChI is InChI=1S/C12H21O4.K/c13-11(14)9-7-5-3-1-2-4-6-8-10-12(15)16;/h3H,1-2,4-10H2,(H,13,14)(H,15,16);/q-1;+1. The first kappa shape index (κ1) is 19.9. The number of hydrogen-bond acceptors (Lipinski definition) is 2. The van der Waals surface area contributed by atoms with Crippen LogP contribution in [0.25, 0.3) is 0 Å². The first-order valence-electron chi connectivity index (χ1n) is 5.88. The van der Waals surface area contributed by atoms with Crippen LogP contribution in [0.2, 0.25) is 0 Å². The van der Waals surface area contributed by atoms with Crippen molar-refractivity contribution in [2.45, 2.75) is 57.8 Å². The zero-order chi connectivity index (χ0) is 12.2. The normalized spacial score (nSPS) is 9.65. The minimum absolute atomic E-state index is 0. The molecule has 0 amide bonds. The number of unbranched alkanes of at least 4 members (excludes halogenated alkanes) is 7. The molecule has 0 fully saturated rings. The van der Waals surface area contributed by atoms with E-state index in [1.165, 1.54) is 0 Å². The Labute approximate surface area is 146 Å². The summed E-state index contributed by atoms with van der Waals surface area (Å²) in [6, 6.07) is 0. The van der Waals surface area contributed by atoms with E-state index in [4.69, 9.17) is 10.2 Å². The van der Waals surface area contributed by atoms with Crippen molar-refractivity contribution in [3.8, 4) is 0 Å². The molecule has 0 heterocycles. The summed E-state index contributed by atoms with van der Waals surface area (Å²) >= 11 is 0. The molecule has 0 rings (SSSR count). The first-order chi connectivity index (χ1) is 7.63. The van der Waals surface area contributed by atoms with Gasteiger partial charge in [0.15, 0.2) is 0 Å². The predicted molar refractivity (Wildman–Crippen MR) is 61.1 cm³/mol. The molecule has 0 aliphatic carbocycles. The van der Waals surface area contributed by atoms with Crippen molar-refractivity contribution in [2.75, 3.05) is 0 Å². The van der Waals surface area contributed by atoms with E-state index in [1.807, 2.05) is 0 Å². The van der Waals surface area contributed by atoms with Crippen molar-refractivity contribution in [3.05, 3.63) is 6.42 Å². The molecular weight excluding hydrogens is 247 g/mol. The molecule has 0 aromatic rings. The quantitative estimate of drug-likeness (QED) is 0.311. The van der Waals surface area contributed by atoms with Crippen LogP contribution in [0.5, 0.6) is 0 Å².